The van der Waals surface area contributed by atoms with E-state index in [1.54, 1.807) is 49.4 Å². The molecule has 3 aromatic carbocycles. The van der Waals surface area contributed by atoms with E-state index in [1.165, 1.54) is 22.8 Å². The van der Waals surface area contributed by atoms with Crippen LogP contribution in [0.15, 0.2) is 93.9 Å². The lowest BCUT2D eigenvalue weighted by molar-refractivity contribution is -0.141. The first-order chi connectivity index (χ1) is 19.9. The number of hydrogen-bond acceptors (Lipinski definition) is 9. The summed E-state index contributed by atoms with van der Waals surface area (Å²) in [4.78, 5) is 43.8. The highest BCUT2D eigenvalue weighted by atomic mass is 32.1. The summed E-state index contributed by atoms with van der Waals surface area (Å²) in [6.45, 7) is 3.25. The van der Waals surface area contributed by atoms with Crippen molar-refractivity contribution in [3.8, 4) is 17.2 Å². The lowest BCUT2D eigenvalue weighted by Gasteiger charge is -2.25. The van der Waals surface area contributed by atoms with Gasteiger partial charge in [-0.15, -0.1) is 0 Å². The van der Waals surface area contributed by atoms with Crippen molar-refractivity contribution in [2.45, 2.75) is 26.5 Å². The summed E-state index contributed by atoms with van der Waals surface area (Å²) >= 11 is 1.22. The van der Waals surface area contributed by atoms with Gasteiger partial charge in [0, 0.05) is 6.92 Å². The van der Waals surface area contributed by atoms with Crippen LogP contribution in [0.4, 0.5) is 0 Å². The van der Waals surface area contributed by atoms with Crippen LogP contribution in [0.25, 0.3) is 6.08 Å². The minimum Gasteiger partial charge on any atom is -0.457 e. The van der Waals surface area contributed by atoms with Gasteiger partial charge in [-0.3, -0.25) is 14.2 Å². The number of nitrogens with zero attached hydrogens (tertiary/aromatic N) is 2. The second-order valence-corrected chi connectivity index (χ2v) is 10.4. The molecule has 206 valence electrons. The predicted molar refractivity (Wildman–Crippen MR) is 150 cm³/mol. The predicted octanol–water partition coefficient (Wildman–Crippen LogP) is 3.63. The van der Waals surface area contributed by atoms with Crippen LogP contribution in [-0.4, -0.2) is 23.3 Å². The molecule has 3 heterocycles. The third-order valence-corrected chi connectivity index (χ3v) is 7.59. The van der Waals surface area contributed by atoms with Gasteiger partial charge in [-0.05, 0) is 54.0 Å². The van der Waals surface area contributed by atoms with E-state index in [0.717, 1.165) is 11.1 Å². The average molecular weight is 569 g/mol. The van der Waals surface area contributed by atoms with Crippen LogP contribution in [0.2, 0.25) is 0 Å². The molecule has 0 aliphatic carbocycles. The van der Waals surface area contributed by atoms with Crippen molar-refractivity contribution in [3.05, 3.63) is 120 Å². The van der Waals surface area contributed by atoms with E-state index in [0.29, 0.717) is 37.8 Å². The molecule has 10 heteroatoms. The van der Waals surface area contributed by atoms with E-state index in [1.807, 2.05) is 36.4 Å². The largest absolute Gasteiger partial charge is 0.457 e. The molecule has 1 aromatic heterocycles. The zero-order chi connectivity index (χ0) is 28.5. The molecule has 4 aromatic rings. The minimum atomic E-state index is -0.794. The second-order valence-electron chi connectivity index (χ2n) is 9.42. The SMILES string of the molecule is CC(=O)Oc1ccc(C=c2sc3n(c2=O)C(c2ccc4c(c2)OCO4)C(C(=O)OCc2ccccc2)=C(C)N=3)cc1. The molecule has 0 saturated heterocycles. The van der Waals surface area contributed by atoms with Gasteiger partial charge in [-0.25, -0.2) is 9.79 Å². The maximum absolute atomic E-state index is 13.9. The number of benzene rings is 3. The van der Waals surface area contributed by atoms with E-state index in [9.17, 15) is 14.4 Å². The molecule has 2 aliphatic heterocycles. The number of thiazole rings is 1. The van der Waals surface area contributed by atoms with E-state index >= 15 is 0 Å². The monoisotopic (exact) mass is 568 g/mol. The van der Waals surface area contributed by atoms with Crippen molar-refractivity contribution >= 4 is 29.4 Å². The van der Waals surface area contributed by atoms with Crippen molar-refractivity contribution in [2.75, 3.05) is 6.79 Å². The molecule has 0 spiro atoms. The normalized spacial score (nSPS) is 15.8. The molecule has 0 saturated carbocycles. The number of carbonyl (C=O) groups excluding carboxylic acids is 2. The van der Waals surface area contributed by atoms with Crippen LogP contribution < -0.4 is 29.1 Å². The number of aromatic nitrogens is 1. The molecule has 6 rings (SSSR count). The quantitative estimate of drug-likeness (QED) is 0.258. The molecule has 0 fully saturated rings. The highest BCUT2D eigenvalue weighted by molar-refractivity contribution is 7.07. The zero-order valence-corrected chi connectivity index (χ0v) is 23.0. The Morgan fingerprint density at radius 3 is 2.56 bits per heavy atom. The molecule has 0 N–H and O–H groups in total. The Labute approximate surface area is 238 Å². The van der Waals surface area contributed by atoms with Gasteiger partial charge in [0.15, 0.2) is 16.3 Å². The molecular formula is C31H24N2O7S. The molecule has 0 bridgehead atoms. The Kier molecular flexibility index (Phi) is 6.98. The van der Waals surface area contributed by atoms with Crippen molar-refractivity contribution in [2.24, 2.45) is 4.99 Å². The fourth-order valence-electron chi connectivity index (χ4n) is 4.73. The summed E-state index contributed by atoms with van der Waals surface area (Å²) < 4.78 is 23.8. The Bertz CT molecular complexity index is 1870. The first-order valence-electron chi connectivity index (χ1n) is 12.8. The van der Waals surface area contributed by atoms with E-state index in [4.69, 9.17) is 18.9 Å². The fraction of sp³-hybridized carbons (Fsp3) is 0.161. The fourth-order valence-corrected chi connectivity index (χ4v) is 5.78. The molecular weight excluding hydrogens is 544 g/mol. The molecule has 9 nitrogen and oxygen atoms in total. The first-order valence-corrected chi connectivity index (χ1v) is 13.6. The number of ether oxygens (including phenoxy) is 4. The Hall–Kier alpha value is -4.96. The summed E-state index contributed by atoms with van der Waals surface area (Å²) in [7, 11) is 0. The van der Waals surface area contributed by atoms with E-state index in [-0.39, 0.29) is 24.5 Å². The van der Waals surface area contributed by atoms with Crippen molar-refractivity contribution < 1.29 is 28.5 Å². The van der Waals surface area contributed by atoms with Crippen LogP contribution in [-0.2, 0) is 20.9 Å². The molecule has 41 heavy (non-hydrogen) atoms. The highest BCUT2D eigenvalue weighted by Crippen LogP contribution is 2.38. The summed E-state index contributed by atoms with van der Waals surface area (Å²) in [5.74, 6) is 0.556. The standard InChI is InChI=1S/C31H24N2O7S/c1-18-27(30(36)37-16-21-6-4-3-5-7-21)28(22-10-13-24-25(15-22)39-17-38-24)33-29(35)26(41-31(33)32-18)14-20-8-11-23(12-9-20)40-19(2)34/h3-15,28H,16-17H2,1-2H3. The Morgan fingerprint density at radius 1 is 1.05 bits per heavy atom. The lowest BCUT2D eigenvalue weighted by atomic mass is 9.95. The topological polar surface area (TPSA) is 105 Å². The van der Waals surface area contributed by atoms with E-state index in [2.05, 4.69) is 4.99 Å². The number of hydrogen-bond donors (Lipinski definition) is 0. The van der Waals surface area contributed by atoms with Gasteiger partial charge in [0.25, 0.3) is 5.56 Å². The minimum absolute atomic E-state index is 0.0814. The van der Waals surface area contributed by atoms with Gasteiger partial charge < -0.3 is 18.9 Å². The number of esters is 2. The second kappa shape index (κ2) is 10.9. The smallest absolute Gasteiger partial charge is 0.338 e. The molecule has 1 atom stereocenters. The maximum Gasteiger partial charge on any atom is 0.338 e. The molecule has 2 aliphatic rings. The first kappa shape index (κ1) is 26.3. The highest BCUT2D eigenvalue weighted by Gasteiger charge is 2.34. The Balaban J connectivity index is 1.43. The van der Waals surface area contributed by atoms with Gasteiger partial charge in [0.1, 0.15) is 12.4 Å². The zero-order valence-electron chi connectivity index (χ0n) is 22.2. The summed E-state index contributed by atoms with van der Waals surface area (Å²) in [6, 6.07) is 20.8. The van der Waals surface area contributed by atoms with Crippen molar-refractivity contribution in [1.29, 1.82) is 0 Å². The van der Waals surface area contributed by atoms with Gasteiger partial charge in [0.2, 0.25) is 6.79 Å². The molecule has 0 radical (unpaired) electrons. The van der Waals surface area contributed by atoms with Gasteiger partial charge in [-0.2, -0.15) is 0 Å². The third-order valence-electron chi connectivity index (χ3n) is 6.61. The summed E-state index contributed by atoms with van der Waals surface area (Å²) in [5.41, 5.74) is 2.67. The number of carbonyl (C=O) groups is 2. The maximum atomic E-state index is 13.9. The Morgan fingerprint density at radius 2 is 1.80 bits per heavy atom. The summed E-state index contributed by atoms with van der Waals surface area (Å²) in [6.07, 6.45) is 1.74. The van der Waals surface area contributed by atoms with Gasteiger partial charge in [0.05, 0.1) is 21.8 Å². The number of rotatable bonds is 6. The van der Waals surface area contributed by atoms with Crippen LogP contribution in [0.3, 0.4) is 0 Å². The van der Waals surface area contributed by atoms with Crippen LogP contribution in [0.5, 0.6) is 17.2 Å². The number of fused-ring (bicyclic) bond motifs is 2. The van der Waals surface area contributed by atoms with Gasteiger partial charge in [-0.1, -0.05) is 59.9 Å². The van der Waals surface area contributed by atoms with E-state index < -0.39 is 18.0 Å². The third kappa shape index (κ3) is 5.29. The molecule has 0 amide bonds. The van der Waals surface area contributed by atoms with Gasteiger partial charge >= 0.3 is 11.9 Å². The lowest BCUT2D eigenvalue weighted by Crippen LogP contribution is -2.39. The van der Waals surface area contributed by atoms with Crippen LogP contribution in [0, 0.1) is 0 Å². The summed E-state index contributed by atoms with van der Waals surface area (Å²) in [5, 5.41) is 0. The van der Waals surface area contributed by atoms with Crippen molar-refractivity contribution in [1.82, 2.24) is 4.57 Å². The van der Waals surface area contributed by atoms with Crippen molar-refractivity contribution in [3.63, 3.8) is 0 Å². The molecule has 1 unspecified atom stereocenters. The van der Waals surface area contributed by atoms with Crippen LogP contribution >= 0.6 is 11.3 Å². The van der Waals surface area contributed by atoms with Crippen LogP contribution in [0.1, 0.15) is 36.6 Å². The average Bonchev–Trinajstić information content (AvgIpc) is 3.56. The number of allylic oxidation sites excluding steroid dienone is 1.